The first-order valence-corrected chi connectivity index (χ1v) is 3.59. The number of phenolic OH excluding ortho intramolecular Hbond substituents is 1. The predicted molar refractivity (Wildman–Crippen MR) is 40.5 cm³/mol. The van der Waals surface area contributed by atoms with E-state index in [1.807, 2.05) is 0 Å². The molecule has 0 amide bonds. The van der Waals surface area contributed by atoms with Gasteiger partial charge in [0.25, 0.3) is 0 Å². The smallest absolute Gasteiger partial charge is 0.169 e. The van der Waals surface area contributed by atoms with E-state index in [4.69, 9.17) is 15.6 Å². The highest BCUT2D eigenvalue weighted by molar-refractivity contribution is 5.45. The number of aromatic hydroxyl groups is 1. The summed E-state index contributed by atoms with van der Waals surface area (Å²) in [5, 5.41) is 9.04. The molecule has 64 valence electrons. The number of rotatable bonds is 0. The van der Waals surface area contributed by atoms with Gasteiger partial charge in [-0.3, -0.25) is 0 Å². The molecule has 0 bridgehead atoms. The summed E-state index contributed by atoms with van der Waals surface area (Å²) >= 11 is 0. The summed E-state index contributed by atoms with van der Waals surface area (Å²) in [6.07, 6.45) is 0. The van der Waals surface area contributed by atoms with Crippen LogP contribution in [0.25, 0.3) is 0 Å². The molecule has 1 aliphatic rings. The first-order chi connectivity index (χ1) is 5.68. The first kappa shape index (κ1) is 7.36. The number of ether oxygens (including phenoxy) is 1. The Morgan fingerprint density at radius 1 is 1.58 bits per heavy atom. The Bertz CT molecular complexity index is 327. The molecule has 1 aromatic rings. The Morgan fingerprint density at radius 2 is 2.33 bits per heavy atom. The monoisotopic (exact) mass is 169 g/mol. The molecule has 1 aliphatic heterocycles. The number of hydrogen-bond donors (Lipinski definition) is 2. The SMILES string of the molecule is NC1COc2c(F)cc(O)cc21. The van der Waals surface area contributed by atoms with Gasteiger partial charge >= 0.3 is 0 Å². The van der Waals surface area contributed by atoms with E-state index < -0.39 is 5.82 Å². The van der Waals surface area contributed by atoms with Gasteiger partial charge in [-0.15, -0.1) is 0 Å². The van der Waals surface area contributed by atoms with Crippen molar-refractivity contribution in [3.05, 3.63) is 23.5 Å². The van der Waals surface area contributed by atoms with Gasteiger partial charge in [0.05, 0.1) is 6.04 Å². The van der Waals surface area contributed by atoms with Gasteiger partial charge < -0.3 is 15.6 Å². The summed E-state index contributed by atoms with van der Waals surface area (Å²) in [5.74, 6) is -0.509. The van der Waals surface area contributed by atoms with E-state index >= 15 is 0 Å². The molecule has 0 aromatic heterocycles. The molecule has 1 heterocycles. The van der Waals surface area contributed by atoms with Gasteiger partial charge in [-0.1, -0.05) is 0 Å². The minimum Gasteiger partial charge on any atom is -0.508 e. The molecule has 1 aromatic carbocycles. The summed E-state index contributed by atoms with van der Waals surface area (Å²) in [5.41, 5.74) is 6.12. The largest absolute Gasteiger partial charge is 0.508 e. The second-order valence-electron chi connectivity index (χ2n) is 2.76. The lowest BCUT2D eigenvalue weighted by Gasteiger charge is -2.01. The predicted octanol–water partition coefficient (Wildman–Crippen LogP) is 0.923. The molecule has 3 N–H and O–H groups in total. The van der Waals surface area contributed by atoms with Crippen molar-refractivity contribution in [1.29, 1.82) is 0 Å². The second-order valence-corrected chi connectivity index (χ2v) is 2.76. The highest BCUT2D eigenvalue weighted by Gasteiger charge is 2.24. The molecular weight excluding hydrogens is 161 g/mol. The van der Waals surface area contributed by atoms with E-state index in [-0.39, 0.29) is 24.1 Å². The molecule has 0 saturated carbocycles. The van der Waals surface area contributed by atoms with Crippen LogP contribution in [-0.4, -0.2) is 11.7 Å². The van der Waals surface area contributed by atoms with Crippen LogP contribution in [0.4, 0.5) is 4.39 Å². The zero-order chi connectivity index (χ0) is 8.72. The van der Waals surface area contributed by atoms with Crippen LogP contribution in [0.15, 0.2) is 12.1 Å². The molecule has 1 unspecified atom stereocenters. The van der Waals surface area contributed by atoms with Crippen LogP contribution in [0.3, 0.4) is 0 Å². The summed E-state index contributed by atoms with van der Waals surface area (Å²) in [7, 11) is 0. The number of hydrogen-bond acceptors (Lipinski definition) is 3. The molecule has 0 fully saturated rings. The van der Waals surface area contributed by atoms with Crippen molar-refractivity contribution in [3.63, 3.8) is 0 Å². The molecule has 2 rings (SSSR count). The van der Waals surface area contributed by atoms with Gasteiger partial charge in [-0.25, -0.2) is 4.39 Å². The van der Waals surface area contributed by atoms with E-state index in [0.29, 0.717) is 5.56 Å². The van der Waals surface area contributed by atoms with Gasteiger partial charge in [0, 0.05) is 11.6 Å². The zero-order valence-electron chi connectivity index (χ0n) is 6.25. The summed E-state index contributed by atoms with van der Waals surface area (Å²) < 4.78 is 18.0. The van der Waals surface area contributed by atoms with E-state index in [2.05, 4.69) is 0 Å². The van der Waals surface area contributed by atoms with Crippen LogP contribution in [0.2, 0.25) is 0 Å². The van der Waals surface area contributed by atoms with E-state index in [1.54, 1.807) is 0 Å². The molecule has 0 saturated heterocycles. The summed E-state index contributed by atoms with van der Waals surface area (Å²) in [6, 6.07) is 2.11. The van der Waals surface area contributed by atoms with Crippen molar-refractivity contribution in [3.8, 4) is 11.5 Å². The van der Waals surface area contributed by atoms with Crippen LogP contribution >= 0.6 is 0 Å². The number of nitrogens with two attached hydrogens (primary N) is 1. The van der Waals surface area contributed by atoms with Gasteiger partial charge in [-0.2, -0.15) is 0 Å². The zero-order valence-corrected chi connectivity index (χ0v) is 6.25. The van der Waals surface area contributed by atoms with E-state index in [0.717, 1.165) is 6.07 Å². The normalized spacial score (nSPS) is 20.3. The number of halogens is 1. The fourth-order valence-corrected chi connectivity index (χ4v) is 1.29. The average Bonchev–Trinajstić information content (AvgIpc) is 2.33. The Labute approximate surface area is 68.6 Å². The van der Waals surface area contributed by atoms with Crippen molar-refractivity contribution < 1.29 is 14.2 Å². The standard InChI is InChI=1S/C8H8FNO2/c9-6-2-4(11)1-5-7(10)3-12-8(5)6/h1-2,7,11H,3,10H2. The second kappa shape index (κ2) is 2.35. The van der Waals surface area contributed by atoms with Gasteiger partial charge in [0.15, 0.2) is 11.6 Å². The molecule has 0 radical (unpaired) electrons. The van der Waals surface area contributed by atoms with Crippen LogP contribution in [0, 0.1) is 5.82 Å². The van der Waals surface area contributed by atoms with Crippen LogP contribution in [-0.2, 0) is 0 Å². The third-order valence-electron chi connectivity index (χ3n) is 1.86. The van der Waals surface area contributed by atoms with Crippen LogP contribution in [0.5, 0.6) is 11.5 Å². The maximum Gasteiger partial charge on any atom is 0.169 e. The van der Waals surface area contributed by atoms with Gasteiger partial charge in [-0.05, 0) is 6.07 Å². The molecule has 3 nitrogen and oxygen atoms in total. The molecule has 12 heavy (non-hydrogen) atoms. The lowest BCUT2D eigenvalue weighted by atomic mass is 10.1. The Morgan fingerprint density at radius 3 is 3.08 bits per heavy atom. The first-order valence-electron chi connectivity index (χ1n) is 3.59. The summed E-state index contributed by atoms with van der Waals surface area (Å²) in [6.45, 7) is 0.274. The quantitative estimate of drug-likeness (QED) is 0.607. The fourth-order valence-electron chi connectivity index (χ4n) is 1.29. The highest BCUT2D eigenvalue weighted by atomic mass is 19.1. The van der Waals surface area contributed by atoms with Gasteiger partial charge in [0.1, 0.15) is 12.4 Å². The minimum atomic E-state index is -0.557. The topological polar surface area (TPSA) is 55.5 Å². The van der Waals surface area contributed by atoms with Gasteiger partial charge in [0.2, 0.25) is 0 Å². The molecule has 4 heteroatoms. The summed E-state index contributed by atoms with van der Waals surface area (Å²) in [4.78, 5) is 0. The highest BCUT2D eigenvalue weighted by Crippen LogP contribution is 2.35. The molecule has 1 atom stereocenters. The number of fused-ring (bicyclic) bond motifs is 1. The molecular formula is C8H8FNO2. The van der Waals surface area contributed by atoms with E-state index in [1.165, 1.54) is 6.07 Å². The lowest BCUT2D eigenvalue weighted by molar-refractivity contribution is 0.319. The van der Waals surface area contributed by atoms with Crippen molar-refractivity contribution in [2.45, 2.75) is 6.04 Å². The Balaban J connectivity index is 2.60. The lowest BCUT2D eigenvalue weighted by Crippen LogP contribution is -2.10. The van der Waals surface area contributed by atoms with Crippen molar-refractivity contribution >= 4 is 0 Å². The minimum absolute atomic E-state index is 0.118. The third kappa shape index (κ3) is 0.921. The molecule has 0 aliphatic carbocycles. The van der Waals surface area contributed by atoms with Crippen molar-refractivity contribution in [2.24, 2.45) is 5.73 Å². The van der Waals surface area contributed by atoms with E-state index in [9.17, 15) is 4.39 Å². The molecule has 0 spiro atoms. The van der Waals surface area contributed by atoms with Crippen LogP contribution in [0.1, 0.15) is 11.6 Å². The maximum atomic E-state index is 13.0. The van der Waals surface area contributed by atoms with Crippen molar-refractivity contribution in [2.75, 3.05) is 6.61 Å². The number of phenols is 1. The van der Waals surface area contributed by atoms with Crippen molar-refractivity contribution in [1.82, 2.24) is 0 Å². The van der Waals surface area contributed by atoms with Crippen LogP contribution < -0.4 is 10.5 Å². The average molecular weight is 169 g/mol. The Kier molecular flexibility index (Phi) is 1.44. The number of benzene rings is 1. The third-order valence-corrected chi connectivity index (χ3v) is 1.86. The maximum absolute atomic E-state index is 13.0. The Hall–Kier alpha value is -1.29. The fraction of sp³-hybridized carbons (Fsp3) is 0.250.